The molecule has 0 bridgehead atoms. The van der Waals surface area contributed by atoms with E-state index in [0.717, 1.165) is 53.0 Å². The zero-order valence-electron chi connectivity index (χ0n) is 20.5. The number of nitrogens with one attached hydrogen (secondary N) is 2. The maximum absolute atomic E-state index is 12.9. The molecule has 4 rings (SSSR count). The van der Waals surface area contributed by atoms with Gasteiger partial charge < -0.3 is 29.8 Å². The number of aliphatic hydroxyl groups is 1. The molecule has 7 nitrogen and oxygen atoms in total. The first-order valence-corrected chi connectivity index (χ1v) is 11.9. The van der Waals surface area contributed by atoms with Gasteiger partial charge >= 0.3 is 0 Å². The minimum atomic E-state index is -0.757. The van der Waals surface area contributed by atoms with Crippen LogP contribution < -0.4 is 15.4 Å². The Hall–Kier alpha value is -2.87. The highest BCUT2D eigenvalue weighted by Gasteiger charge is 2.17. The maximum atomic E-state index is 12.9. The second-order valence-electron chi connectivity index (χ2n) is 9.71. The van der Waals surface area contributed by atoms with Crippen molar-refractivity contribution in [2.45, 2.75) is 51.9 Å². The fourth-order valence-corrected chi connectivity index (χ4v) is 4.27. The number of hydrogen-bond acceptors (Lipinski definition) is 5. The van der Waals surface area contributed by atoms with E-state index in [9.17, 15) is 9.90 Å². The molecule has 1 aromatic heterocycles. The number of anilines is 1. The van der Waals surface area contributed by atoms with Crippen LogP contribution in [0.5, 0.6) is 5.75 Å². The first-order valence-electron chi connectivity index (χ1n) is 11.9. The first kappa shape index (κ1) is 24.3. The number of benzene rings is 2. The third-order valence-corrected chi connectivity index (χ3v) is 6.28. The number of carbonyl (C=O) groups is 1. The topological polar surface area (TPSA) is 84.8 Å². The van der Waals surface area contributed by atoms with Crippen molar-refractivity contribution < 1.29 is 19.4 Å². The molecule has 1 aliphatic heterocycles. The van der Waals surface area contributed by atoms with Crippen LogP contribution in [0.4, 0.5) is 5.69 Å². The lowest BCUT2D eigenvalue weighted by Crippen LogP contribution is -2.34. The number of rotatable bonds is 9. The first-order chi connectivity index (χ1) is 16.2. The molecular weight excluding hydrogens is 430 g/mol. The summed E-state index contributed by atoms with van der Waals surface area (Å²) in [6.45, 7) is 8.09. The molecule has 1 aliphatic rings. The number of hydrogen-bond donors (Lipinski definition) is 3. The summed E-state index contributed by atoms with van der Waals surface area (Å²) in [6, 6.07) is 13.3. The van der Waals surface area contributed by atoms with Crippen LogP contribution in [0.25, 0.3) is 10.9 Å². The van der Waals surface area contributed by atoms with Crippen LogP contribution in [0.1, 0.15) is 48.3 Å². The van der Waals surface area contributed by atoms with Crippen molar-refractivity contribution in [2.75, 3.05) is 25.1 Å². The van der Waals surface area contributed by atoms with Gasteiger partial charge in [0.1, 0.15) is 12.4 Å². The highest BCUT2D eigenvalue weighted by atomic mass is 16.5. The van der Waals surface area contributed by atoms with Crippen LogP contribution in [0.15, 0.2) is 42.5 Å². The van der Waals surface area contributed by atoms with Crippen molar-refractivity contribution in [3.8, 4) is 5.75 Å². The highest BCUT2D eigenvalue weighted by molar-refractivity contribution is 6.06. The van der Waals surface area contributed by atoms with Crippen LogP contribution in [0.3, 0.4) is 0 Å². The van der Waals surface area contributed by atoms with Gasteiger partial charge in [-0.2, -0.15) is 0 Å². The largest absolute Gasteiger partial charge is 0.491 e. The zero-order chi connectivity index (χ0) is 24.3. The highest BCUT2D eigenvalue weighted by Crippen LogP contribution is 2.28. The molecular formula is C27H35N3O4. The molecule has 182 valence electrons. The van der Waals surface area contributed by atoms with E-state index >= 15 is 0 Å². The second kappa shape index (κ2) is 10.2. The van der Waals surface area contributed by atoms with E-state index in [1.165, 1.54) is 0 Å². The van der Waals surface area contributed by atoms with Crippen LogP contribution in [-0.4, -0.2) is 47.0 Å². The quantitative estimate of drug-likeness (QED) is 0.442. The third-order valence-electron chi connectivity index (χ3n) is 6.28. The predicted molar refractivity (Wildman–Crippen MR) is 135 cm³/mol. The number of aryl methyl sites for hydroxylation is 2. The summed E-state index contributed by atoms with van der Waals surface area (Å²) in [5.41, 5.74) is 3.85. The van der Waals surface area contributed by atoms with E-state index in [4.69, 9.17) is 9.47 Å². The average Bonchev–Trinajstić information content (AvgIpc) is 3.42. The van der Waals surface area contributed by atoms with Gasteiger partial charge in [0.05, 0.1) is 11.7 Å². The van der Waals surface area contributed by atoms with Crippen molar-refractivity contribution >= 4 is 22.5 Å². The fourth-order valence-electron chi connectivity index (χ4n) is 4.27. The molecule has 3 N–H and O–H groups in total. The van der Waals surface area contributed by atoms with Gasteiger partial charge in [0.15, 0.2) is 0 Å². The molecule has 2 aromatic carbocycles. The van der Waals surface area contributed by atoms with Crippen LogP contribution in [0.2, 0.25) is 0 Å². The van der Waals surface area contributed by atoms with Crippen LogP contribution in [0, 0.1) is 6.92 Å². The normalized spacial score (nSPS) is 16.2. The van der Waals surface area contributed by atoms with Crippen molar-refractivity contribution in [2.24, 2.45) is 7.05 Å². The van der Waals surface area contributed by atoms with Gasteiger partial charge in [-0.05, 0) is 81.6 Å². The minimum absolute atomic E-state index is 0.156. The molecule has 7 heteroatoms. The molecule has 34 heavy (non-hydrogen) atoms. The molecule has 2 heterocycles. The summed E-state index contributed by atoms with van der Waals surface area (Å²) < 4.78 is 13.5. The van der Waals surface area contributed by atoms with E-state index in [2.05, 4.69) is 21.3 Å². The molecule has 1 amide bonds. The minimum Gasteiger partial charge on any atom is -0.491 e. The van der Waals surface area contributed by atoms with Crippen LogP contribution >= 0.6 is 0 Å². The Labute approximate surface area is 201 Å². The molecule has 0 spiro atoms. The smallest absolute Gasteiger partial charge is 0.255 e. The summed E-state index contributed by atoms with van der Waals surface area (Å²) in [5.74, 6) is 0.579. The van der Waals surface area contributed by atoms with E-state index in [1.807, 2.05) is 38.2 Å². The van der Waals surface area contributed by atoms with Gasteiger partial charge in [0, 0.05) is 54.6 Å². The molecule has 1 saturated heterocycles. The lowest BCUT2D eigenvalue weighted by atomic mass is 10.1. The Bertz CT molecular complexity index is 1140. The molecule has 1 fully saturated rings. The van der Waals surface area contributed by atoms with Crippen molar-refractivity contribution in [3.05, 3.63) is 59.3 Å². The van der Waals surface area contributed by atoms with E-state index in [-0.39, 0.29) is 12.0 Å². The zero-order valence-corrected chi connectivity index (χ0v) is 20.5. The standard InChI is InChI=1S/C27H35N3O4/c1-18-23-14-20(15-28-17-27(2,3)32)30(4)25(23)12-11-24(18)29-26(31)19-7-9-21(10-8-19)34-16-22-6-5-13-33-22/h7-12,14,22,28,32H,5-6,13,15-17H2,1-4H3,(H,29,31)/t22-/m0/s1. The summed E-state index contributed by atoms with van der Waals surface area (Å²) in [5, 5.41) is 17.4. The van der Waals surface area contributed by atoms with Crippen molar-refractivity contribution in [1.82, 2.24) is 9.88 Å². The monoisotopic (exact) mass is 465 g/mol. The molecule has 0 unspecified atom stereocenters. The summed E-state index contributed by atoms with van der Waals surface area (Å²) in [7, 11) is 2.03. The van der Waals surface area contributed by atoms with Gasteiger partial charge in [-0.15, -0.1) is 0 Å². The summed E-state index contributed by atoms with van der Waals surface area (Å²) in [4.78, 5) is 12.9. The molecule has 1 atom stereocenters. The maximum Gasteiger partial charge on any atom is 0.255 e. The molecule has 0 radical (unpaired) electrons. The van der Waals surface area contributed by atoms with Gasteiger partial charge in [-0.3, -0.25) is 4.79 Å². The fraction of sp³-hybridized carbons (Fsp3) is 0.444. The second-order valence-corrected chi connectivity index (χ2v) is 9.71. The van der Waals surface area contributed by atoms with Gasteiger partial charge in [0.25, 0.3) is 5.91 Å². The number of carbonyl (C=O) groups excluding carboxylic acids is 1. The number of ether oxygens (including phenoxy) is 2. The van der Waals surface area contributed by atoms with E-state index in [0.29, 0.717) is 25.3 Å². The number of aromatic nitrogens is 1. The Morgan fingerprint density at radius 3 is 2.68 bits per heavy atom. The Morgan fingerprint density at radius 1 is 1.24 bits per heavy atom. The van der Waals surface area contributed by atoms with Gasteiger partial charge in [-0.1, -0.05) is 0 Å². The summed E-state index contributed by atoms with van der Waals surface area (Å²) in [6.07, 6.45) is 2.28. The van der Waals surface area contributed by atoms with Gasteiger partial charge in [0.2, 0.25) is 0 Å². The third kappa shape index (κ3) is 5.78. The molecule has 3 aromatic rings. The Kier molecular flexibility index (Phi) is 7.26. The van der Waals surface area contributed by atoms with Gasteiger partial charge in [-0.25, -0.2) is 0 Å². The van der Waals surface area contributed by atoms with E-state index in [1.54, 1.807) is 26.0 Å². The van der Waals surface area contributed by atoms with Crippen molar-refractivity contribution in [1.29, 1.82) is 0 Å². The summed E-state index contributed by atoms with van der Waals surface area (Å²) >= 11 is 0. The number of amides is 1. The van der Waals surface area contributed by atoms with E-state index < -0.39 is 5.60 Å². The SMILES string of the molecule is Cc1c(NC(=O)c2ccc(OC[C@@H]3CCCO3)cc2)ccc2c1cc(CNCC(C)(C)O)n2C. The lowest BCUT2D eigenvalue weighted by Gasteiger charge is -2.17. The lowest BCUT2D eigenvalue weighted by molar-refractivity contribution is 0.0679. The van der Waals surface area contributed by atoms with Crippen LogP contribution in [-0.2, 0) is 18.3 Å². The number of fused-ring (bicyclic) bond motifs is 1. The Balaban J connectivity index is 1.41. The average molecular weight is 466 g/mol. The molecule has 0 saturated carbocycles. The predicted octanol–water partition coefficient (Wildman–Crippen LogP) is 4.16. The van der Waals surface area contributed by atoms with Crippen molar-refractivity contribution in [3.63, 3.8) is 0 Å². The molecule has 0 aliphatic carbocycles. The Morgan fingerprint density at radius 2 is 2.00 bits per heavy atom. The number of nitrogens with zero attached hydrogens (tertiary/aromatic N) is 1.